The molecular weight excluding hydrogens is 223 g/mol. The van der Waals surface area contributed by atoms with Crippen LogP contribution in [-0.2, 0) is 4.79 Å². The number of carbonyl (C=O) groups is 1. The first kappa shape index (κ1) is 12.0. The van der Waals surface area contributed by atoms with E-state index in [9.17, 15) is 9.18 Å². The summed E-state index contributed by atoms with van der Waals surface area (Å²) in [5.41, 5.74) is 1.61. The molecule has 1 aliphatic rings. The van der Waals surface area contributed by atoms with E-state index in [1.54, 1.807) is 19.9 Å². The van der Waals surface area contributed by atoms with Crippen molar-refractivity contribution in [3.05, 3.63) is 29.1 Å². The van der Waals surface area contributed by atoms with Crippen LogP contribution >= 0.6 is 0 Å². The minimum absolute atomic E-state index is 0.0760. The van der Waals surface area contributed by atoms with Crippen LogP contribution in [0.5, 0.6) is 0 Å². The van der Waals surface area contributed by atoms with Gasteiger partial charge in [0.15, 0.2) is 0 Å². The third-order valence-corrected chi connectivity index (χ3v) is 2.81. The Morgan fingerprint density at radius 1 is 1.59 bits per heavy atom. The van der Waals surface area contributed by atoms with Gasteiger partial charge >= 0.3 is 0 Å². The highest BCUT2D eigenvalue weighted by Crippen LogP contribution is 2.34. The van der Waals surface area contributed by atoms with Crippen molar-refractivity contribution in [2.24, 2.45) is 0 Å². The van der Waals surface area contributed by atoms with Crippen molar-refractivity contribution in [3.63, 3.8) is 0 Å². The van der Waals surface area contributed by atoms with Crippen molar-refractivity contribution in [2.75, 3.05) is 11.9 Å². The number of halogens is 1. The fourth-order valence-corrected chi connectivity index (χ4v) is 1.97. The van der Waals surface area contributed by atoms with Crippen molar-refractivity contribution in [1.29, 1.82) is 0 Å². The first-order valence-electron chi connectivity index (χ1n) is 5.50. The van der Waals surface area contributed by atoms with Crippen LogP contribution in [0.2, 0.25) is 0 Å². The van der Waals surface area contributed by atoms with Gasteiger partial charge in [-0.1, -0.05) is 6.07 Å². The van der Waals surface area contributed by atoms with Crippen molar-refractivity contribution in [1.82, 2.24) is 5.32 Å². The van der Waals surface area contributed by atoms with Crippen molar-refractivity contribution >= 4 is 11.6 Å². The zero-order chi connectivity index (χ0) is 12.6. The second-order valence-corrected chi connectivity index (χ2v) is 4.38. The molecule has 1 heterocycles. The molecule has 1 aliphatic heterocycles. The Balaban J connectivity index is 2.36. The first-order chi connectivity index (χ1) is 8.02. The molecule has 5 heteroatoms. The Kier molecular flexibility index (Phi) is 3.13. The van der Waals surface area contributed by atoms with Gasteiger partial charge in [-0.2, -0.15) is 0 Å². The van der Waals surface area contributed by atoms with E-state index >= 15 is 0 Å². The lowest BCUT2D eigenvalue weighted by atomic mass is 10.0. The molecule has 0 fully saturated rings. The monoisotopic (exact) mass is 238 g/mol. The Morgan fingerprint density at radius 2 is 2.29 bits per heavy atom. The molecule has 0 spiro atoms. The van der Waals surface area contributed by atoms with Gasteiger partial charge < -0.3 is 10.4 Å². The van der Waals surface area contributed by atoms with E-state index in [1.165, 1.54) is 6.07 Å². The second kappa shape index (κ2) is 4.43. The van der Waals surface area contributed by atoms with Gasteiger partial charge in [0, 0.05) is 11.6 Å². The SMILES string of the molecule is Cc1cc(F)c2c(c1)C(NC(C)CO)C(=O)N2. The van der Waals surface area contributed by atoms with E-state index < -0.39 is 11.9 Å². The molecule has 0 saturated heterocycles. The number of benzene rings is 1. The largest absolute Gasteiger partial charge is 0.395 e. The molecule has 2 unspecified atom stereocenters. The number of aryl methyl sites for hydroxylation is 1. The molecule has 0 bridgehead atoms. The van der Waals surface area contributed by atoms with Gasteiger partial charge in [-0.25, -0.2) is 4.39 Å². The minimum atomic E-state index is -0.596. The van der Waals surface area contributed by atoms with Gasteiger partial charge in [-0.05, 0) is 25.5 Å². The number of hydrogen-bond acceptors (Lipinski definition) is 3. The van der Waals surface area contributed by atoms with Gasteiger partial charge in [0.05, 0.1) is 12.3 Å². The molecule has 17 heavy (non-hydrogen) atoms. The lowest BCUT2D eigenvalue weighted by Gasteiger charge is -2.16. The zero-order valence-electron chi connectivity index (χ0n) is 9.75. The highest BCUT2D eigenvalue weighted by molar-refractivity contribution is 6.02. The fourth-order valence-electron chi connectivity index (χ4n) is 1.97. The van der Waals surface area contributed by atoms with E-state index in [4.69, 9.17) is 5.11 Å². The lowest BCUT2D eigenvalue weighted by Crippen LogP contribution is -2.36. The van der Waals surface area contributed by atoms with Crippen LogP contribution < -0.4 is 10.6 Å². The summed E-state index contributed by atoms with van der Waals surface area (Å²) in [6.07, 6.45) is 0. The molecule has 1 aromatic rings. The van der Waals surface area contributed by atoms with Crippen LogP contribution in [-0.4, -0.2) is 23.7 Å². The van der Waals surface area contributed by atoms with E-state index in [-0.39, 0.29) is 24.2 Å². The van der Waals surface area contributed by atoms with Crippen molar-refractivity contribution in [3.8, 4) is 0 Å². The molecule has 0 saturated carbocycles. The van der Waals surface area contributed by atoms with Crippen molar-refractivity contribution in [2.45, 2.75) is 25.9 Å². The van der Waals surface area contributed by atoms with E-state index in [2.05, 4.69) is 10.6 Å². The molecule has 2 atom stereocenters. The highest BCUT2D eigenvalue weighted by Gasteiger charge is 2.33. The van der Waals surface area contributed by atoms with Crippen LogP contribution in [0.1, 0.15) is 24.1 Å². The predicted molar refractivity (Wildman–Crippen MR) is 62.2 cm³/mol. The molecule has 0 aliphatic carbocycles. The summed E-state index contributed by atoms with van der Waals surface area (Å²) in [4.78, 5) is 11.7. The minimum Gasteiger partial charge on any atom is -0.395 e. The average Bonchev–Trinajstić information content (AvgIpc) is 2.57. The Morgan fingerprint density at radius 3 is 2.94 bits per heavy atom. The van der Waals surface area contributed by atoms with Crippen LogP contribution in [0.3, 0.4) is 0 Å². The Bertz CT molecular complexity index is 462. The second-order valence-electron chi connectivity index (χ2n) is 4.38. The number of aliphatic hydroxyl groups excluding tert-OH is 1. The third kappa shape index (κ3) is 2.16. The van der Waals surface area contributed by atoms with Gasteiger partial charge in [0.25, 0.3) is 0 Å². The van der Waals surface area contributed by atoms with Gasteiger partial charge in [0.1, 0.15) is 11.9 Å². The number of rotatable bonds is 3. The van der Waals surface area contributed by atoms with E-state index in [0.717, 1.165) is 5.56 Å². The lowest BCUT2D eigenvalue weighted by molar-refractivity contribution is -0.117. The zero-order valence-corrected chi connectivity index (χ0v) is 9.75. The number of anilines is 1. The fraction of sp³-hybridized carbons (Fsp3) is 0.417. The van der Waals surface area contributed by atoms with Gasteiger partial charge in [-0.15, -0.1) is 0 Å². The topological polar surface area (TPSA) is 61.4 Å². The smallest absolute Gasteiger partial charge is 0.246 e. The third-order valence-electron chi connectivity index (χ3n) is 2.81. The molecule has 4 nitrogen and oxygen atoms in total. The van der Waals surface area contributed by atoms with Gasteiger partial charge in [-0.3, -0.25) is 10.1 Å². The van der Waals surface area contributed by atoms with Crippen LogP contribution in [0.25, 0.3) is 0 Å². The molecule has 3 N–H and O–H groups in total. The number of aliphatic hydroxyl groups is 1. The molecule has 1 amide bonds. The van der Waals surface area contributed by atoms with Gasteiger partial charge in [0.2, 0.25) is 5.91 Å². The quantitative estimate of drug-likeness (QED) is 0.739. The Labute approximate surface area is 98.8 Å². The average molecular weight is 238 g/mol. The van der Waals surface area contributed by atoms with E-state index in [0.29, 0.717) is 5.56 Å². The van der Waals surface area contributed by atoms with Crippen LogP contribution in [0.4, 0.5) is 10.1 Å². The summed E-state index contributed by atoms with van der Waals surface area (Å²) in [6.45, 7) is 3.46. The molecule has 1 aromatic carbocycles. The molecule has 92 valence electrons. The maximum Gasteiger partial charge on any atom is 0.246 e. The normalized spacial score (nSPS) is 20.0. The summed E-state index contributed by atoms with van der Waals surface area (Å²) >= 11 is 0. The molecule has 2 rings (SSSR count). The predicted octanol–water partition coefficient (Wildman–Crippen LogP) is 1.10. The maximum atomic E-state index is 13.6. The Hall–Kier alpha value is -1.46. The number of amides is 1. The summed E-state index contributed by atoms with van der Waals surface area (Å²) in [7, 11) is 0. The van der Waals surface area contributed by atoms with E-state index in [1.807, 2.05) is 0 Å². The number of nitrogens with one attached hydrogen (secondary N) is 2. The first-order valence-corrected chi connectivity index (χ1v) is 5.50. The standard InChI is InChI=1S/C12H15FN2O2/c1-6-3-8-10(9(13)4-6)15-12(17)11(8)14-7(2)5-16/h3-4,7,11,14,16H,5H2,1-2H3,(H,15,17). The summed E-state index contributed by atoms with van der Waals surface area (Å²) in [5, 5.41) is 14.4. The number of hydrogen-bond donors (Lipinski definition) is 3. The summed E-state index contributed by atoms with van der Waals surface area (Å²) < 4.78 is 13.6. The maximum absolute atomic E-state index is 13.6. The van der Waals surface area contributed by atoms with Crippen LogP contribution in [0.15, 0.2) is 12.1 Å². The molecule has 0 aromatic heterocycles. The summed E-state index contributed by atoms with van der Waals surface area (Å²) in [5.74, 6) is -0.709. The molecule has 0 radical (unpaired) electrons. The molecular formula is C12H15FN2O2. The van der Waals surface area contributed by atoms with Crippen molar-refractivity contribution < 1.29 is 14.3 Å². The summed E-state index contributed by atoms with van der Waals surface area (Å²) in [6, 6.07) is 2.34. The highest BCUT2D eigenvalue weighted by atomic mass is 19.1. The number of fused-ring (bicyclic) bond motifs is 1. The number of carbonyl (C=O) groups excluding carboxylic acids is 1. The van der Waals surface area contributed by atoms with Crippen LogP contribution in [0, 0.1) is 12.7 Å².